The van der Waals surface area contributed by atoms with Crippen molar-refractivity contribution in [3.63, 3.8) is 0 Å². The van der Waals surface area contributed by atoms with Crippen molar-refractivity contribution in [2.24, 2.45) is 0 Å². The minimum absolute atomic E-state index is 0.0634. The van der Waals surface area contributed by atoms with E-state index in [2.05, 4.69) is 10.3 Å². The number of amides is 1. The number of benzene rings is 1. The van der Waals surface area contributed by atoms with Crippen molar-refractivity contribution in [3.8, 4) is 0 Å². The molecule has 1 heterocycles. The number of carboxylic acid groups (broad SMARTS) is 1. The van der Waals surface area contributed by atoms with Crippen LogP contribution in [0, 0.1) is 0 Å². The number of pyridine rings is 1. The third-order valence-electron chi connectivity index (χ3n) is 2.92. The number of hydrogen-bond acceptors (Lipinski definition) is 3. The van der Waals surface area contributed by atoms with Crippen molar-refractivity contribution in [2.45, 2.75) is 12.8 Å². The number of carbonyl (C=O) groups is 2. The molecule has 0 aliphatic heterocycles. The van der Waals surface area contributed by atoms with Gasteiger partial charge in [-0.05, 0) is 24.1 Å². The van der Waals surface area contributed by atoms with E-state index in [0.29, 0.717) is 12.1 Å². The first-order chi connectivity index (χ1) is 10.5. The molecule has 0 fully saturated rings. The zero-order valence-electron chi connectivity index (χ0n) is 11.3. The van der Waals surface area contributed by atoms with Crippen molar-refractivity contribution in [1.29, 1.82) is 0 Å². The van der Waals surface area contributed by atoms with E-state index in [0.717, 1.165) is 5.56 Å². The molecule has 0 aliphatic carbocycles. The van der Waals surface area contributed by atoms with Gasteiger partial charge in [-0.25, -0.2) is 0 Å². The van der Waals surface area contributed by atoms with Gasteiger partial charge in [0.25, 0.3) is 5.91 Å². The average molecular weight is 339 g/mol. The van der Waals surface area contributed by atoms with Gasteiger partial charge in [-0.1, -0.05) is 35.3 Å². The second-order valence-electron chi connectivity index (χ2n) is 4.52. The molecule has 2 rings (SSSR count). The predicted molar refractivity (Wildman–Crippen MR) is 84.6 cm³/mol. The van der Waals surface area contributed by atoms with Crippen molar-refractivity contribution < 1.29 is 14.7 Å². The summed E-state index contributed by atoms with van der Waals surface area (Å²) in [5, 5.41) is 11.7. The van der Waals surface area contributed by atoms with Crippen LogP contribution in [0.5, 0.6) is 0 Å². The quantitative estimate of drug-likeness (QED) is 0.871. The first-order valence-electron chi connectivity index (χ1n) is 6.38. The van der Waals surface area contributed by atoms with Crippen LogP contribution in [0.25, 0.3) is 0 Å². The van der Waals surface area contributed by atoms with Gasteiger partial charge in [0.2, 0.25) is 0 Å². The first-order valence-corrected chi connectivity index (χ1v) is 7.14. The van der Waals surface area contributed by atoms with Gasteiger partial charge in [0.15, 0.2) is 0 Å². The molecule has 22 heavy (non-hydrogen) atoms. The van der Waals surface area contributed by atoms with Crippen LogP contribution in [0.2, 0.25) is 10.0 Å². The molecule has 2 aromatic rings. The van der Waals surface area contributed by atoms with Gasteiger partial charge in [0.1, 0.15) is 0 Å². The molecule has 2 N–H and O–H groups in total. The molecule has 0 radical (unpaired) electrons. The van der Waals surface area contributed by atoms with E-state index in [-0.39, 0.29) is 22.0 Å². The van der Waals surface area contributed by atoms with E-state index in [9.17, 15) is 9.59 Å². The molecular formula is C15H12Cl2N2O3. The molecule has 1 amide bonds. The van der Waals surface area contributed by atoms with Gasteiger partial charge in [0, 0.05) is 24.5 Å². The summed E-state index contributed by atoms with van der Waals surface area (Å²) in [5.74, 6) is -1.28. The van der Waals surface area contributed by atoms with Crippen LogP contribution in [0.4, 0.5) is 5.69 Å². The van der Waals surface area contributed by atoms with Gasteiger partial charge < -0.3 is 10.4 Å². The Morgan fingerprint density at radius 2 is 1.68 bits per heavy atom. The molecule has 1 aromatic carbocycles. The number of aryl methyl sites for hydroxylation is 1. The van der Waals surface area contributed by atoms with Gasteiger partial charge in [-0.15, -0.1) is 0 Å². The molecule has 7 heteroatoms. The molecule has 1 aromatic heterocycles. The van der Waals surface area contributed by atoms with Crippen LogP contribution in [0.3, 0.4) is 0 Å². The molecule has 0 unspecified atom stereocenters. The van der Waals surface area contributed by atoms with Crippen LogP contribution in [0.15, 0.2) is 36.7 Å². The fourth-order valence-corrected chi connectivity index (χ4v) is 2.36. The number of aliphatic carboxylic acids is 1. The zero-order chi connectivity index (χ0) is 16.1. The zero-order valence-corrected chi connectivity index (χ0v) is 12.9. The lowest BCUT2D eigenvalue weighted by Crippen LogP contribution is -2.13. The number of hydrogen-bond donors (Lipinski definition) is 2. The summed E-state index contributed by atoms with van der Waals surface area (Å²) < 4.78 is 0. The van der Waals surface area contributed by atoms with Crippen LogP contribution >= 0.6 is 23.2 Å². The number of nitrogens with one attached hydrogen (secondary N) is 1. The van der Waals surface area contributed by atoms with E-state index in [4.69, 9.17) is 28.3 Å². The fraction of sp³-hybridized carbons (Fsp3) is 0.133. The van der Waals surface area contributed by atoms with Gasteiger partial charge in [-0.2, -0.15) is 0 Å². The summed E-state index contributed by atoms with van der Waals surface area (Å²) in [6, 6.07) is 6.90. The van der Waals surface area contributed by atoms with Crippen LogP contribution in [-0.4, -0.2) is 22.0 Å². The Labute approximate surface area is 136 Å². The monoisotopic (exact) mass is 338 g/mol. The highest BCUT2D eigenvalue weighted by Crippen LogP contribution is 2.24. The summed E-state index contributed by atoms with van der Waals surface area (Å²) in [6.45, 7) is 0. The van der Waals surface area contributed by atoms with E-state index in [1.54, 1.807) is 24.3 Å². The highest BCUT2D eigenvalue weighted by atomic mass is 35.5. The second kappa shape index (κ2) is 7.24. The molecule has 0 aliphatic rings. The van der Waals surface area contributed by atoms with Crippen molar-refractivity contribution >= 4 is 40.8 Å². The van der Waals surface area contributed by atoms with E-state index >= 15 is 0 Å². The summed E-state index contributed by atoms with van der Waals surface area (Å²) in [4.78, 5) is 26.5. The van der Waals surface area contributed by atoms with Gasteiger partial charge >= 0.3 is 5.97 Å². The third-order valence-corrected chi connectivity index (χ3v) is 3.49. The summed E-state index contributed by atoms with van der Waals surface area (Å²) in [5.41, 5.74) is 1.60. The average Bonchev–Trinajstić information content (AvgIpc) is 2.46. The normalized spacial score (nSPS) is 10.3. The van der Waals surface area contributed by atoms with E-state index in [1.807, 2.05) is 0 Å². The largest absolute Gasteiger partial charge is 0.481 e. The Balaban J connectivity index is 2.07. The summed E-state index contributed by atoms with van der Waals surface area (Å²) in [7, 11) is 0. The third kappa shape index (κ3) is 4.19. The van der Waals surface area contributed by atoms with E-state index in [1.165, 1.54) is 12.4 Å². The highest BCUT2D eigenvalue weighted by molar-refractivity contribution is 6.40. The minimum atomic E-state index is -0.848. The predicted octanol–water partition coefficient (Wildman–Crippen LogP) is 3.66. The first kappa shape index (κ1) is 16.3. The molecule has 0 atom stereocenters. The maximum atomic E-state index is 12.2. The maximum Gasteiger partial charge on any atom is 0.303 e. The molecule has 0 bridgehead atoms. The molecule has 0 saturated carbocycles. The number of aromatic nitrogens is 1. The Hall–Kier alpha value is -2.11. The molecule has 5 nitrogen and oxygen atoms in total. The Kier molecular flexibility index (Phi) is 5.35. The van der Waals surface area contributed by atoms with Gasteiger partial charge in [0.05, 0.1) is 15.6 Å². The van der Waals surface area contributed by atoms with Crippen molar-refractivity contribution in [3.05, 3.63) is 57.8 Å². The SMILES string of the molecule is O=C(O)CCc1ccc(NC(=O)c2c(Cl)cncc2Cl)cc1. The molecule has 0 saturated heterocycles. The molecule has 114 valence electrons. The van der Waals surface area contributed by atoms with Crippen molar-refractivity contribution in [1.82, 2.24) is 4.98 Å². The number of carbonyl (C=O) groups excluding carboxylic acids is 1. The minimum Gasteiger partial charge on any atom is -0.481 e. The molecular weight excluding hydrogens is 327 g/mol. The number of carboxylic acids is 1. The lowest BCUT2D eigenvalue weighted by atomic mass is 10.1. The Bertz CT molecular complexity index is 682. The summed E-state index contributed by atoms with van der Waals surface area (Å²) >= 11 is 11.8. The standard InChI is InChI=1S/C15H12Cl2N2O3/c16-11-7-18-8-12(17)14(11)15(22)19-10-4-1-9(2-5-10)3-6-13(20)21/h1-2,4-5,7-8H,3,6H2,(H,19,22)(H,20,21). The Morgan fingerprint density at radius 1 is 1.09 bits per heavy atom. The number of rotatable bonds is 5. The van der Waals surface area contributed by atoms with Crippen LogP contribution in [0.1, 0.15) is 22.3 Å². The van der Waals surface area contributed by atoms with Crippen molar-refractivity contribution in [2.75, 3.05) is 5.32 Å². The smallest absolute Gasteiger partial charge is 0.303 e. The lowest BCUT2D eigenvalue weighted by Gasteiger charge is -2.08. The topological polar surface area (TPSA) is 79.3 Å². The lowest BCUT2D eigenvalue weighted by molar-refractivity contribution is -0.136. The number of halogens is 2. The maximum absolute atomic E-state index is 12.2. The van der Waals surface area contributed by atoms with Crippen LogP contribution < -0.4 is 5.32 Å². The Morgan fingerprint density at radius 3 is 2.23 bits per heavy atom. The number of anilines is 1. The van der Waals surface area contributed by atoms with Crippen LogP contribution in [-0.2, 0) is 11.2 Å². The fourth-order valence-electron chi connectivity index (χ4n) is 1.83. The second-order valence-corrected chi connectivity index (χ2v) is 5.34. The van der Waals surface area contributed by atoms with E-state index < -0.39 is 11.9 Å². The van der Waals surface area contributed by atoms with Gasteiger partial charge in [-0.3, -0.25) is 14.6 Å². The summed E-state index contributed by atoms with van der Waals surface area (Å²) in [6.07, 6.45) is 3.19. The highest BCUT2D eigenvalue weighted by Gasteiger charge is 2.15. The molecule has 0 spiro atoms. The number of nitrogens with zero attached hydrogens (tertiary/aromatic N) is 1.